The Labute approximate surface area is 114 Å². The number of amides is 1. The van der Waals surface area contributed by atoms with Crippen LogP contribution in [-0.2, 0) is 7.05 Å². The highest BCUT2D eigenvalue weighted by molar-refractivity contribution is 5.95. The number of nitrogens with two attached hydrogens (primary N) is 1. The maximum absolute atomic E-state index is 12.4. The van der Waals surface area contributed by atoms with E-state index in [4.69, 9.17) is 5.73 Å². The van der Waals surface area contributed by atoms with E-state index in [1.165, 1.54) is 6.42 Å². The minimum Gasteiger partial charge on any atom is -0.345 e. The van der Waals surface area contributed by atoms with Gasteiger partial charge in [0, 0.05) is 19.3 Å². The SMILES string of the molecule is Cc1c(C(=O)NC2(CN)CCCCC2C)cnn1C. The van der Waals surface area contributed by atoms with E-state index >= 15 is 0 Å². The summed E-state index contributed by atoms with van der Waals surface area (Å²) < 4.78 is 1.72. The van der Waals surface area contributed by atoms with E-state index in [-0.39, 0.29) is 11.4 Å². The zero-order chi connectivity index (χ0) is 14.0. The van der Waals surface area contributed by atoms with Gasteiger partial charge in [0.05, 0.1) is 17.3 Å². The standard InChI is InChI=1S/C14H24N4O/c1-10-6-4-5-7-14(10,9-15)17-13(19)12-8-16-18(3)11(12)2/h8,10H,4-7,9,15H2,1-3H3,(H,17,19). The fourth-order valence-corrected chi connectivity index (χ4v) is 2.97. The summed E-state index contributed by atoms with van der Waals surface area (Å²) in [6, 6.07) is 0. The van der Waals surface area contributed by atoms with Crippen molar-refractivity contribution in [2.45, 2.75) is 45.1 Å². The van der Waals surface area contributed by atoms with E-state index in [1.54, 1.807) is 10.9 Å². The molecule has 1 aromatic rings. The second-order valence-corrected chi connectivity index (χ2v) is 5.73. The minimum atomic E-state index is -0.252. The Morgan fingerprint density at radius 3 is 2.89 bits per heavy atom. The Morgan fingerprint density at radius 1 is 1.63 bits per heavy atom. The second kappa shape index (κ2) is 5.33. The third kappa shape index (κ3) is 2.52. The molecule has 1 fully saturated rings. The van der Waals surface area contributed by atoms with Gasteiger partial charge in [-0.15, -0.1) is 0 Å². The van der Waals surface area contributed by atoms with Crippen LogP contribution in [0.1, 0.15) is 48.7 Å². The maximum atomic E-state index is 12.4. The van der Waals surface area contributed by atoms with Gasteiger partial charge in [0.1, 0.15) is 0 Å². The van der Waals surface area contributed by atoms with Gasteiger partial charge in [0.2, 0.25) is 0 Å². The Balaban J connectivity index is 2.18. The molecule has 1 heterocycles. The highest BCUT2D eigenvalue weighted by Gasteiger charge is 2.38. The molecule has 0 aliphatic heterocycles. The lowest BCUT2D eigenvalue weighted by Crippen LogP contribution is -2.59. The van der Waals surface area contributed by atoms with Crippen molar-refractivity contribution in [1.82, 2.24) is 15.1 Å². The first-order chi connectivity index (χ1) is 9.00. The van der Waals surface area contributed by atoms with Crippen LogP contribution in [-0.4, -0.2) is 27.8 Å². The lowest BCUT2D eigenvalue weighted by atomic mass is 9.73. The molecule has 0 spiro atoms. The molecule has 1 saturated carbocycles. The molecular weight excluding hydrogens is 240 g/mol. The van der Waals surface area contributed by atoms with Gasteiger partial charge in [-0.1, -0.05) is 19.8 Å². The molecule has 0 aromatic carbocycles. The Hall–Kier alpha value is -1.36. The first-order valence-electron chi connectivity index (χ1n) is 7.01. The summed E-state index contributed by atoms with van der Waals surface area (Å²) in [6.45, 7) is 4.59. The summed E-state index contributed by atoms with van der Waals surface area (Å²) in [5.74, 6) is 0.372. The number of carbonyl (C=O) groups excluding carboxylic acids is 1. The van der Waals surface area contributed by atoms with Crippen LogP contribution in [0.4, 0.5) is 0 Å². The fraction of sp³-hybridized carbons (Fsp3) is 0.714. The van der Waals surface area contributed by atoms with Crippen molar-refractivity contribution in [2.75, 3.05) is 6.54 Å². The Bertz CT molecular complexity index is 468. The highest BCUT2D eigenvalue weighted by atomic mass is 16.1. The molecule has 106 valence electrons. The van der Waals surface area contributed by atoms with Crippen molar-refractivity contribution in [3.63, 3.8) is 0 Å². The van der Waals surface area contributed by atoms with Crippen LogP contribution in [0.5, 0.6) is 0 Å². The Morgan fingerprint density at radius 2 is 2.37 bits per heavy atom. The largest absolute Gasteiger partial charge is 0.345 e. The molecule has 3 N–H and O–H groups in total. The summed E-state index contributed by atoms with van der Waals surface area (Å²) in [6.07, 6.45) is 6.08. The van der Waals surface area contributed by atoms with E-state index in [0.717, 1.165) is 25.0 Å². The number of aryl methyl sites for hydroxylation is 1. The van der Waals surface area contributed by atoms with Gasteiger partial charge in [-0.3, -0.25) is 9.48 Å². The van der Waals surface area contributed by atoms with Crippen molar-refractivity contribution in [3.8, 4) is 0 Å². The number of hydrogen-bond donors (Lipinski definition) is 2. The molecule has 0 bridgehead atoms. The molecule has 0 radical (unpaired) electrons. The van der Waals surface area contributed by atoms with E-state index in [2.05, 4.69) is 17.3 Å². The van der Waals surface area contributed by atoms with Crippen molar-refractivity contribution < 1.29 is 4.79 Å². The third-order valence-corrected chi connectivity index (χ3v) is 4.66. The molecule has 0 saturated heterocycles. The lowest BCUT2D eigenvalue weighted by Gasteiger charge is -2.42. The summed E-state index contributed by atoms with van der Waals surface area (Å²) in [4.78, 5) is 12.4. The molecule has 2 rings (SSSR count). The molecular formula is C14H24N4O. The molecule has 5 nitrogen and oxygen atoms in total. The van der Waals surface area contributed by atoms with Gasteiger partial charge in [-0.2, -0.15) is 5.10 Å². The second-order valence-electron chi connectivity index (χ2n) is 5.73. The number of carbonyl (C=O) groups is 1. The summed E-state index contributed by atoms with van der Waals surface area (Å²) in [5, 5.41) is 7.31. The minimum absolute atomic E-state index is 0.0511. The monoisotopic (exact) mass is 264 g/mol. The van der Waals surface area contributed by atoms with E-state index < -0.39 is 0 Å². The van der Waals surface area contributed by atoms with E-state index in [1.807, 2.05) is 14.0 Å². The fourth-order valence-electron chi connectivity index (χ4n) is 2.97. The summed E-state index contributed by atoms with van der Waals surface area (Å²) >= 11 is 0. The van der Waals surface area contributed by atoms with E-state index in [9.17, 15) is 4.79 Å². The topological polar surface area (TPSA) is 72.9 Å². The zero-order valence-electron chi connectivity index (χ0n) is 12.1. The number of hydrogen-bond acceptors (Lipinski definition) is 3. The van der Waals surface area contributed by atoms with Crippen molar-refractivity contribution in [2.24, 2.45) is 18.7 Å². The van der Waals surface area contributed by atoms with Crippen molar-refractivity contribution in [1.29, 1.82) is 0 Å². The van der Waals surface area contributed by atoms with E-state index in [0.29, 0.717) is 18.0 Å². The molecule has 1 aromatic heterocycles. The first-order valence-corrected chi connectivity index (χ1v) is 7.01. The van der Waals surface area contributed by atoms with Crippen LogP contribution in [0.2, 0.25) is 0 Å². The summed E-state index contributed by atoms with van der Waals surface area (Å²) in [5.41, 5.74) is 7.24. The number of rotatable bonds is 3. The van der Waals surface area contributed by atoms with Crippen molar-refractivity contribution >= 4 is 5.91 Å². The number of nitrogens with one attached hydrogen (secondary N) is 1. The van der Waals surface area contributed by atoms with Crippen LogP contribution in [0.15, 0.2) is 6.20 Å². The maximum Gasteiger partial charge on any atom is 0.255 e. The quantitative estimate of drug-likeness (QED) is 0.866. The van der Waals surface area contributed by atoms with Gasteiger partial charge in [0.15, 0.2) is 0 Å². The van der Waals surface area contributed by atoms with Crippen LogP contribution < -0.4 is 11.1 Å². The normalized spacial score (nSPS) is 27.3. The van der Waals surface area contributed by atoms with Gasteiger partial charge in [-0.25, -0.2) is 0 Å². The van der Waals surface area contributed by atoms with Crippen molar-refractivity contribution in [3.05, 3.63) is 17.5 Å². The third-order valence-electron chi connectivity index (χ3n) is 4.66. The lowest BCUT2D eigenvalue weighted by molar-refractivity contribution is 0.0812. The smallest absolute Gasteiger partial charge is 0.255 e. The average Bonchev–Trinajstić information content (AvgIpc) is 2.73. The number of nitrogens with zero attached hydrogens (tertiary/aromatic N) is 2. The first kappa shape index (κ1) is 14.1. The van der Waals surface area contributed by atoms with Gasteiger partial charge >= 0.3 is 0 Å². The van der Waals surface area contributed by atoms with Gasteiger partial charge in [0.25, 0.3) is 5.91 Å². The molecule has 19 heavy (non-hydrogen) atoms. The summed E-state index contributed by atoms with van der Waals surface area (Å²) in [7, 11) is 1.84. The molecule has 1 aliphatic rings. The van der Waals surface area contributed by atoms with Crippen LogP contribution in [0.25, 0.3) is 0 Å². The van der Waals surface area contributed by atoms with Crippen LogP contribution in [0.3, 0.4) is 0 Å². The molecule has 2 atom stereocenters. The van der Waals surface area contributed by atoms with Gasteiger partial charge < -0.3 is 11.1 Å². The molecule has 1 aliphatic carbocycles. The van der Waals surface area contributed by atoms with Crippen LogP contribution in [0, 0.1) is 12.8 Å². The molecule has 2 unspecified atom stereocenters. The van der Waals surface area contributed by atoms with Gasteiger partial charge in [-0.05, 0) is 25.7 Å². The predicted octanol–water partition coefficient (Wildman–Crippen LogP) is 1.37. The number of aromatic nitrogens is 2. The predicted molar refractivity (Wildman–Crippen MR) is 74.8 cm³/mol. The molecule has 5 heteroatoms. The van der Waals surface area contributed by atoms with Crippen LogP contribution >= 0.6 is 0 Å². The highest BCUT2D eigenvalue weighted by Crippen LogP contribution is 2.33. The Kier molecular flexibility index (Phi) is 3.94. The zero-order valence-corrected chi connectivity index (χ0v) is 12.1. The average molecular weight is 264 g/mol. The molecule has 1 amide bonds.